The number of hydrogen-bond donors (Lipinski definition) is 1. The summed E-state index contributed by atoms with van der Waals surface area (Å²) in [5.41, 5.74) is 0.563. The average Bonchev–Trinajstić information content (AvgIpc) is 3.13. The zero-order valence-electron chi connectivity index (χ0n) is 18.1. The number of benzene rings is 1. The molecule has 2 heterocycles. The van der Waals surface area contributed by atoms with Gasteiger partial charge in [-0.05, 0) is 30.2 Å². The number of thioether (sulfide) groups is 1. The summed E-state index contributed by atoms with van der Waals surface area (Å²) >= 11 is 0.979. The van der Waals surface area contributed by atoms with E-state index in [0.29, 0.717) is 37.7 Å². The second-order valence-corrected chi connectivity index (χ2v) is 8.69. The molecule has 32 heavy (non-hydrogen) atoms. The molecular formula is C20H26F3N5O3S. The molecule has 0 bridgehead atoms. The van der Waals surface area contributed by atoms with Crippen LogP contribution in [-0.4, -0.2) is 65.5 Å². The highest BCUT2D eigenvalue weighted by Gasteiger charge is 2.34. The van der Waals surface area contributed by atoms with Gasteiger partial charge in [-0.1, -0.05) is 25.6 Å². The van der Waals surface area contributed by atoms with Gasteiger partial charge in [-0.3, -0.25) is 9.36 Å². The van der Waals surface area contributed by atoms with E-state index in [2.05, 4.69) is 15.5 Å². The number of hydrogen-bond acceptors (Lipinski definition) is 7. The Hall–Kier alpha value is -2.47. The van der Waals surface area contributed by atoms with Crippen molar-refractivity contribution >= 4 is 29.3 Å². The summed E-state index contributed by atoms with van der Waals surface area (Å²) < 4.78 is 51.4. The van der Waals surface area contributed by atoms with Gasteiger partial charge in [0.25, 0.3) is 0 Å². The minimum absolute atomic E-state index is 0.0485. The minimum atomic E-state index is -4.46. The Kier molecular flexibility index (Phi) is 7.88. The second kappa shape index (κ2) is 10.4. The van der Waals surface area contributed by atoms with Gasteiger partial charge in [0.1, 0.15) is 12.3 Å². The minimum Gasteiger partial charge on any atom is -0.497 e. The molecule has 176 valence electrons. The maximum atomic E-state index is 13.3. The number of carbonyl (C=O) groups is 1. The molecule has 1 unspecified atom stereocenters. The van der Waals surface area contributed by atoms with Crippen LogP contribution < -0.4 is 15.0 Å². The highest BCUT2D eigenvalue weighted by atomic mass is 32.2. The van der Waals surface area contributed by atoms with Gasteiger partial charge >= 0.3 is 6.18 Å². The van der Waals surface area contributed by atoms with Crippen LogP contribution in [0.4, 0.5) is 24.8 Å². The van der Waals surface area contributed by atoms with Crippen LogP contribution in [0.1, 0.15) is 13.8 Å². The summed E-state index contributed by atoms with van der Waals surface area (Å²) in [6.45, 7) is 4.08. The van der Waals surface area contributed by atoms with Crippen molar-refractivity contribution in [2.75, 3.05) is 43.6 Å². The third kappa shape index (κ3) is 6.28. The smallest absolute Gasteiger partial charge is 0.406 e. The van der Waals surface area contributed by atoms with Gasteiger partial charge in [0.05, 0.1) is 25.6 Å². The fraction of sp³-hybridized carbons (Fsp3) is 0.550. The van der Waals surface area contributed by atoms with Gasteiger partial charge in [-0.15, -0.1) is 10.2 Å². The molecule has 1 aromatic carbocycles. The topological polar surface area (TPSA) is 81.5 Å². The van der Waals surface area contributed by atoms with Crippen molar-refractivity contribution in [3.63, 3.8) is 0 Å². The number of methoxy groups -OCH3 is 1. The van der Waals surface area contributed by atoms with Crippen LogP contribution in [0.2, 0.25) is 0 Å². The predicted molar refractivity (Wildman–Crippen MR) is 115 cm³/mol. The van der Waals surface area contributed by atoms with E-state index in [0.717, 1.165) is 16.3 Å². The quantitative estimate of drug-likeness (QED) is 0.588. The standard InChI is InChI=1S/C20H26F3N5O3S/c1-13(2)16(17(29)24-14-4-6-15(30-3)7-5-14)32-19-26-25-18(27-8-10-31-11-9-27)28(19)12-20(21,22)23/h4-7,13,16H,8-12H2,1-3H3,(H,24,29). The lowest BCUT2D eigenvalue weighted by molar-refractivity contribution is -0.141. The molecule has 1 aromatic heterocycles. The Bertz CT molecular complexity index is 899. The fourth-order valence-electron chi connectivity index (χ4n) is 3.18. The van der Waals surface area contributed by atoms with Crippen LogP contribution in [0.5, 0.6) is 5.75 Å². The number of ether oxygens (including phenoxy) is 2. The molecular weight excluding hydrogens is 447 g/mol. The van der Waals surface area contributed by atoms with E-state index in [-0.39, 0.29) is 22.9 Å². The maximum absolute atomic E-state index is 13.3. The van der Waals surface area contributed by atoms with Gasteiger partial charge in [-0.25, -0.2) is 0 Å². The Balaban J connectivity index is 1.82. The van der Waals surface area contributed by atoms with Crippen molar-refractivity contribution in [1.29, 1.82) is 0 Å². The van der Waals surface area contributed by atoms with E-state index in [1.54, 1.807) is 36.3 Å². The van der Waals surface area contributed by atoms with E-state index in [9.17, 15) is 18.0 Å². The molecule has 1 atom stereocenters. The molecule has 1 N–H and O–H groups in total. The largest absolute Gasteiger partial charge is 0.497 e. The van der Waals surface area contributed by atoms with Gasteiger partial charge in [0.2, 0.25) is 11.9 Å². The first-order valence-electron chi connectivity index (χ1n) is 10.1. The van der Waals surface area contributed by atoms with Crippen molar-refractivity contribution in [2.24, 2.45) is 5.92 Å². The van der Waals surface area contributed by atoms with Crippen LogP contribution in [0.15, 0.2) is 29.4 Å². The first kappa shape index (κ1) is 24.2. The molecule has 1 amide bonds. The number of anilines is 2. The van der Waals surface area contributed by atoms with Crippen LogP contribution >= 0.6 is 11.8 Å². The van der Waals surface area contributed by atoms with E-state index in [1.807, 2.05) is 13.8 Å². The molecule has 0 spiro atoms. The molecule has 3 rings (SSSR count). The van der Waals surface area contributed by atoms with Crippen LogP contribution in [0.25, 0.3) is 0 Å². The Labute approximate surface area is 188 Å². The number of carbonyl (C=O) groups excluding carboxylic acids is 1. The van der Waals surface area contributed by atoms with Gasteiger partial charge in [0, 0.05) is 18.8 Å². The van der Waals surface area contributed by atoms with Crippen molar-refractivity contribution in [3.8, 4) is 5.75 Å². The van der Waals surface area contributed by atoms with Crippen LogP contribution in [0.3, 0.4) is 0 Å². The fourth-order valence-corrected chi connectivity index (χ4v) is 4.20. The second-order valence-electron chi connectivity index (χ2n) is 7.58. The van der Waals surface area contributed by atoms with E-state index < -0.39 is 18.0 Å². The average molecular weight is 474 g/mol. The monoisotopic (exact) mass is 473 g/mol. The van der Waals surface area contributed by atoms with Gasteiger partial charge < -0.3 is 19.7 Å². The summed E-state index contributed by atoms with van der Waals surface area (Å²) in [4.78, 5) is 14.7. The molecule has 1 aliphatic heterocycles. The molecule has 8 nitrogen and oxygen atoms in total. The Morgan fingerprint density at radius 3 is 2.44 bits per heavy atom. The molecule has 0 aliphatic carbocycles. The molecule has 1 saturated heterocycles. The number of alkyl halides is 3. The molecule has 12 heteroatoms. The number of nitrogens with one attached hydrogen (secondary N) is 1. The Morgan fingerprint density at radius 2 is 1.88 bits per heavy atom. The molecule has 0 radical (unpaired) electrons. The van der Waals surface area contributed by atoms with Crippen molar-refractivity contribution in [3.05, 3.63) is 24.3 Å². The highest BCUT2D eigenvalue weighted by molar-refractivity contribution is 8.00. The van der Waals surface area contributed by atoms with E-state index >= 15 is 0 Å². The van der Waals surface area contributed by atoms with E-state index in [1.165, 1.54) is 0 Å². The van der Waals surface area contributed by atoms with Crippen molar-refractivity contribution < 1.29 is 27.4 Å². The lowest BCUT2D eigenvalue weighted by atomic mass is 10.1. The number of rotatable bonds is 8. The molecule has 0 saturated carbocycles. The molecule has 1 fully saturated rings. The van der Waals surface area contributed by atoms with Crippen LogP contribution in [-0.2, 0) is 16.1 Å². The number of halogens is 3. The summed E-state index contributed by atoms with van der Waals surface area (Å²) in [6.07, 6.45) is -4.46. The SMILES string of the molecule is COc1ccc(NC(=O)C(Sc2nnc(N3CCOCC3)n2CC(F)(F)F)C(C)C)cc1. The summed E-state index contributed by atoms with van der Waals surface area (Å²) in [5.74, 6) is 0.283. The number of nitrogens with zero attached hydrogens (tertiary/aromatic N) is 4. The third-order valence-electron chi connectivity index (χ3n) is 4.78. The number of morpholine rings is 1. The number of amides is 1. The summed E-state index contributed by atoms with van der Waals surface area (Å²) in [5, 5.41) is 10.2. The third-order valence-corrected chi connectivity index (χ3v) is 6.31. The van der Waals surface area contributed by atoms with Crippen LogP contribution in [0, 0.1) is 5.92 Å². The van der Waals surface area contributed by atoms with Gasteiger partial charge in [0.15, 0.2) is 5.16 Å². The lowest BCUT2D eigenvalue weighted by Crippen LogP contribution is -2.38. The lowest BCUT2D eigenvalue weighted by Gasteiger charge is -2.28. The van der Waals surface area contributed by atoms with Crippen molar-refractivity contribution in [2.45, 2.75) is 37.0 Å². The van der Waals surface area contributed by atoms with E-state index in [4.69, 9.17) is 9.47 Å². The Morgan fingerprint density at radius 1 is 1.22 bits per heavy atom. The molecule has 2 aromatic rings. The summed E-state index contributed by atoms with van der Waals surface area (Å²) in [7, 11) is 1.54. The first-order valence-corrected chi connectivity index (χ1v) is 11.0. The van der Waals surface area contributed by atoms with Gasteiger partial charge in [-0.2, -0.15) is 13.2 Å². The normalized spacial score (nSPS) is 15.7. The first-order chi connectivity index (χ1) is 15.2. The highest BCUT2D eigenvalue weighted by Crippen LogP contribution is 2.33. The van der Waals surface area contributed by atoms with Crippen molar-refractivity contribution in [1.82, 2.24) is 14.8 Å². The summed E-state index contributed by atoms with van der Waals surface area (Å²) in [6, 6.07) is 6.81. The zero-order chi connectivity index (χ0) is 23.3. The zero-order valence-corrected chi connectivity index (χ0v) is 18.9. The maximum Gasteiger partial charge on any atom is 0.406 e. The predicted octanol–water partition coefficient (Wildman–Crippen LogP) is 3.44. The molecule has 1 aliphatic rings. The number of aromatic nitrogens is 3.